The van der Waals surface area contributed by atoms with Gasteiger partial charge in [-0.3, -0.25) is 4.98 Å². The Bertz CT molecular complexity index is 697. The van der Waals surface area contributed by atoms with Gasteiger partial charge in [0.25, 0.3) is 0 Å². The van der Waals surface area contributed by atoms with Crippen LogP contribution in [0.1, 0.15) is 17.4 Å². The summed E-state index contributed by atoms with van der Waals surface area (Å²) in [5.74, 6) is 0. The lowest BCUT2D eigenvalue weighted by atomic mass is 10.1. The highest BCUT2D eigenvalue weighted by molar-refractivity contribution is 5.78. The molecule has 0 fully saturated rings. The van der Waals surface area contributed by atoms with Crippen molar-refractivity contribution >= 4 is 10.9 Å². The minimum atomic E-state index is 0.145. The summed E-state index contributed by atoms with van der Waals surface area (Å²) in [6.07, 6.45) is 4.15. The van der Waals surface area contributed by atoms with E-state index in [1.165, 1.54) is 5.39 Å². The van der Waals surface area contributed by atoms with E-state index < -0.39 is 0 Å². The summed E-state index contributed by atoms with van der Waals surface area (Å²) in [4.78, 5) is 13.0. The minimum Gasteiger partial charge on any atom is -0.311 e. The second-order valence-electron chi connectivity index (χ2n) is 4.67. The van der Waals surface area contributed by atoms with Crippen LogP contribution in [0.25, 0.3) is 10.9 Å². The number of hydrogen-bond donors (Lipinski definition) is 1. The summed E-state index contributed by atoms with van der Waals surface area (Å²) in [6, 6.07) is 14.4. The van der Waals surface area contributed by atoms with E-state index in [2.05, 4.69) is 33.5 Å². The molecule has 3 aromatic rings. The molecule has 0 saturated heterocycles. The molecule has 3 rings (SSSR count). The lowest BCUT2D eigenvalue weighted by Crippen LogP contribution is -2.20. The van der Waals surface area contributed by atoms with E-state index in [4.69, 9.17) is 4.98 Å². The lowest BCUT2D eigenvalue weighted by molar-refractivity contribution is 0.568. The fourth-order valence-corrected chi connectivity index (χ4v) is 2.29. The Hall–Kier alpha value is -2.33. The van der Waals surface area contributed by atoms with Crippen LogP contribution in [0, 0.1) is 0 Å². The highest BCUT2D eigenvalue weighted by Crippen LogP contribution is 2.17. The third-order valence-electron chi connectivity index (χ3n) is 3.38. The molecule has 1 aromatic carbocycles. The Morgan fingerprint density at radius 2 is 2.00 bits per heavy atom. The fraction of sp³-hybridized carbons (Fsp3) is 0.188. The van der Waals surface area contributed by atoms with Crippen molar-refractivity contribution in [1.29, 1.82) is 0 Å². The standard InChI is InChI=1S/C16H16N4/c1-17-16(15-8-9-18-11-19-15)10-13-7-6-12-4-2-3-5-14(12)20-13/h2-9,11,16-17H,10H2,1H3. The lowest BCUT2D eigenvalue weighted by Gasteiger charge is -2.15. The van der Waals surface area contributed by atoms with Crippen LogP contribution in [-0.4, -0.2) is 22.0 Å². The molecule has 0 aliphatic rings. The van der Waals surface area contributed by atoms with E-state index in [0.29, 0.717) is 0 Å². The second-order valence-corrected chi connectivity index (χ2v) is 4.67. The third kappa shape index (κ3) is 2.65. The van der Waals surface area contributed by atoms with Gasteiger partial charge in [-0.15, -0.1) is 0 Å². The van der Waals surface area contributed by atoms with Crippen LogP contribution in [0.2, 0.25) is 0 Å². The molecule has 0 spiro atoms. The molecule has 2 heterocycles. The Labute approximate surface area is 117 Å². The number of pyridine rings is 1. The van der Waals surface area contributed by atoms with Crippen molar-refractivity contribution < 1.29 is 0 Å². The topological polar surface area (TPSA) is 50.7 Å². The van der Waals surface area contributed by atoms with Gasteiger partial charge in [0.05, 0.1) is 17.3 Å². The van der Waals surface area contributed by atoms with Gasteiger partial charge in [0.1, 0.15) is 6.33 Å². The zero-order chi connectivity index (χ0) is 13.8. The predicted molar refractivity (Wildman–Crippen MR) is 79.3 cm³/mol. The first-order chi connectivity index (χ1) is 9.86. The fourth-order valence-electron chi connectivity index (χ4n) is 2.29. The first-order valence-electron chi connectivity index (χ1n) is 6.64. The van der Waals surface area contributed by atoms with Crippen molar-refractivity contribution in [3.05, 3.63) is 66.4 Å². The first-order valence-corrected chi connectivity index (χ1v) is 6.64. The van der Waals surface area contributed by atoms with Crippen molar-refractivity contribution in [3.63, 3.8) is 0 Å². The summed E-state index contributed by atoms with van der Waals surface area (Å²) in [5, 5.41) is 4.45. The molecule has 1 N–H and O–H groups in total. The smallest absolute Gasteiger partial charge is 0.115 e. The molecule has 0 bridgehead atoms. The largest absolute Gasteiger partial charge is 0.311 e. The van der Waals surface area contributed by atoms with E-state index in [0.717, 1.165) is 23.3 Å². The number of rotatable bonds is 4. The normalized spacial score (nSPS) is 12.4. The molecule has 4 heteroatoms. The van der Waals surface area contributed by atoms with Crippen LogP contribution in [0.4, 0.5) is 0 Å². The van der Waals surface area contributed by atoms with Crippen LogP contribution in [0.15, 0.2) is 55.0 Å². The Balaban J connectivity index is 1.87. The minimum absolute atomic E-state index is 0.145. The number of fused-ring (bicyclic) bond motifs is 1. The summed E-state index contributed by atoms with van der Waals surface area (Å²) in [5.41, 5.74) is 3.07. The van der Waals surface area contributed by atoms with Crippen molar-refractivity contribution in [3.8, 4) is 0 Å². The quantitative estimate of drug-likeness (QED) is 0.786. The predicted octanol–water partition coefficient (Wildman–Crippen LogP) is 2.53. The maximum Gasteiger partial charge on any atom is 0.115 e. The van der Waals surface area contributed by atoms with Crippen LogP contribution < -0.4 is 5.32 Å². The molecule has 0 aliphatic carbocycles. The van der Waals surface area contributed by atoms with Gasteiger partial charge in [-0.1, -0.05) is 24.3 Å². The Kier molecular flexibility index (Phi) is 3.65. The molecule has 2 aromatic heterocycles. The molecule has 0 amide bonds. The monoisotopic (exact) mass is 264 g/mol. The third-order valence-corrected chi connectivity index (χ3v) is 3.38. The van der Waals surface area contributed by atoms with Gasteiger partial charge in [-0.05, 0) is 25.2 Å². The number of hydrogen-bond acceptors (Lipinski definition) is 4. The van der Waals surface area contributed by atoms with Gasteiger partial charge in [-0.25, -0.2) is 9.97 Å². The zero-order valence-corrected chi connectivity index (χ0v) is 11.3. The van der Waals surface area contributed by atoms with Crippen LogP contribution in [0.5, 0.6) is 0 Å². The van der Waals surface area contributed by atoms with Crippen LogP contribution in [-0.2, 0) is 6.42 Å². The highest BCUT2D eigenvalue weighted by Gasteiger charge is 2.12. The average molecular weight is 264 g/mol. The van der Waals surface area contributed by atoms with Gasteiger partial charge in [0.15, 0.2) is 0 Å². The Morgan fingerprint density at radius 1 is 1.10 bits per heavy atom. The summed E-state index contributed by atoms with van der Waals surface area (Å²) in [6.45, 7) is 0. The number of aromatic nitrogens is 3. The molecule has 20 heavy (non-hydrogen) atoms. The van der Waals surface area contributed by atoms with E-state index in [1.54, 1.807) is 12.5 Å². The maximum absolute atomic E-state index is 4.71. The maximum atomic E-state index is 4.71. The number of nitrogens with one attached hydrogen (secondary N) is 1. The number of likely N-dealkylation sites (N-methyl/N-ethyl adjacent to an activating group) is 1. The van der Waals surface area contributed by atoms with Crippen LogP contribution >= 0.6 is 0 Å². The van der Waals surface area contributed by atoms with Gasteiger partial charge in [-0.2, -0.15) is 0 Å². The molecule has 0 radical (unpaired) electrons. The molecule has 0 aliphatic heterocycles. The molecule has 1 unspecified atom stereocenters. The van der Waals surface area contributed by atoms with Gasteiger partial charge in [0, 0.05) is 23.7 Å². The van der Waals surface area contributed by atoms with Crippen molar-refractivity contribution in [2.24, 2.45) is 0 Å². The van der Waals surface area contributed by atoms with E-state index in [1.807, 2.05) is 31.3 Å². The van der Waals surface area contributed by atoms with Gasteiger partial charge in [0.2, 0.25) is 0 Å². The van der Waals surface area contributed by atoms with E-state index in [-0.39, 0.29) is 6.04 Å². The number of para-hydroxylation sites is 1. The number of benzene rings is 1. The van der Waals surface area contributed by atoms with E-state index >= 15 is 0 Å². The second kappa shape index (κ2) is 5.75. The molecule has 4 nitrogen and oxygen atoms in total. The SMILES string of the molecule is CNC(Cc1ccc2ccccc2n1)c1ccncn1. The van der Waals surface area contributed by atoms with E-state index in [9.17, 15) is 0 Å². The zero-order valence-electron chi connectivity index (χ0n) is 11.3. The summed E-state index contributed by atoms with van der Waals surface area (Å²) < 4.78 is 0. The summed E-state index contributed by atoms with van der Waals surface area (Å²) in [7, 11) is 1.94. The van der Waals surface area contributed by atoms with Crippen molar-refractivity contribution in [2.75, 3.05) is 7.05 Å². The van der Waals surface area contributed by atoms with Crippen molar-refractivity contribution in [1.82, 2.24) is 20.3 Å². The highest BCUT2D eigenvalue weighted by atomic mass is 14.9. The molecule has 1 atom stereocenters. The Morgan fingerprint density at radius 3 is 2.80 bits per heavy atom. The molecule has 100 valence electrons. The summed E-state index contributed by atoms with van der Waals surface area (Å²) >= 11 is 0. The average Bonchev–Trinajstić information content (AvgIpc) is 2.53. The molecular formula is C16H16N4. The number of nitrogens with zero attached hydrogens (tertiary/aromatic N) is 3. The van der Waals surface area contributed by atoms with Gasteiger partial charge < -0.3 is 5.32 Å². The molecule has 0 saturated carbocycles. The van der Waals surface area contributed by atoms with Gasteiger partial charge >= 0.3 is 0 Å². The first kappa shape index (κ1) is 12.7. The molecular weight excluding hydrogens is 248 g/mol. The van der Waals surface area contributed by atoms with Crippen LogP contribution in [0.3, 0.4) is 0 Å². The van der Waals surface area contributed by atoms with Crippen molar-refractivity contribution in [2.45, 2.75) is 12.5 Å².